The van der Waals surface area contributed by atoms with Crippen molar-refractivity contribution in [1.82, 2.24) is 4.90 Å². The van der Waals surface area contributed by atoms with Crippen LogP contribution in [0.25, 0.3) is 0 Å². The number of likely N-dealkylation sites (tertiary alicyclic amines) is 1. The predicted octanol–water partition coefficient (Wildman–Crippen LogP) is 2.46. The van der Waals surface area contributed by atoms with Gasteiger partial charge in [0.2, 0.25) is 0 Å². The number of furan rings is 1. The Morgan fingerprint density at radius 2 is 2.07 bits per heavy atom. The van der Waals surface area contributed by atoms with Crippen LogP contribution in [-0.2, 0) is 0 Å². The van der Waals surface area contributed by atoms with Crippen LogP contribution in [-0.4, -0.2) is 23.9 Å². The minimum Gasteiger partial charge on any atom is -0.456 e. The van der Waals surface area contributed by atoms with Crippen molar-refractivity contribution in [2.24, 2.45) is 5.92 Å². The molecule has 0 aliphatic carbocycles. The quantitative estimate of drug-likeness (QED) is 0.708. The van der Waals surface area contributed by atoms with Crippen LogP contribution in [0.3, 0.4) is 0 Å². The van der Waals surface area contributed by atoms with Gasteiger partial charge in [0.25, 0.3) is 5.91 Å². The lowest BCUT2D eigenvalue weighted by Crippen LogP contribution is -2.37. The molecule has 0 aromatic carbocycles. The summed E-state index contributed by atoms with van der Waals surface area (Å²) < 4.78 is 5.33. The predicted molar refractivity (Wildman–Crippen MR) is 57.7 cm³/mol. The van der Waals surface area contributed by atoms with Crippen LogP contribution < -0.4 is 0 Å². The molecule has 0 atom stereocenters. The largest absolute Gasteiger partial charge is 0.456 e. The molecule has 1 aliphatic heterocycles. The molecule has 0 bridgehead atoms. The van der Waals surface area contributed by atoms with E-state index < -0.39 is 0 Å². The molecule has 1 aliphatic rings. The number of carbonyl (C=O) groups is 1. The molecule has 0 radical (unpaired) electrons. The van der Waals surface area contributed by atoms with Gasteiger partial charge in [0.1, 0.15) is 5.76 Å². The van der Waals surface area contributed by atoms with Crippen molar-refractivity contribution in [1.29, 1.82) is 0 Å². The van der Waals surface area contributed by atoms with Gasteiger partial charge in [-0.2, -0.15) is 0 Å². The first-order chi connectivity index (χ1) is 7.16. The Labute approximate surface area is 90.1 Å². The van der Waals surface area contributed by atoms with Gasteiger partial charge in [-0.15, -0.1) is 0 Å². The molecule has 0 saturated carbocycles. The van der Waals surface area contributed by atoms with Crippen LogP contribution in [0.4, 0.5) is 0 Å². The minimum absolute atomic E-state index is 0.0370. The molecule has 82 valence electrons. The maximum absolute atomic E-state index is 12.0. The molecular weight excluding hydrogens is 190 g/mol. The van der Waals surface area contributed by atoms with E-state index in [1.54, 1.807) is 6.07 Å². The molecule has 3 heteroatoms. The summed E-state index contributed by atoms with van der Waals surface area (Å²) in [6.45, 7) is 5.81. The van der Waals surface area contributed by atoms with E-state index in [9.17, 15) is 4.79 Å². The Hall–Kier alpha value is -1.25. The molecule has 1 fully saturated rings. The standard InChI is InChI=1S/C12H17NO2/c1-9-5-7-13(8-6-9)12(14)11-4-3-10(2)15-11/h3-4,9H,5-8H2,1-2H3. The average molecular weight is 207 g/mol. The van der Waals surface area contributed by atoms with E-state index in [4.69, 9.17) is 4.42 Å². The highest BCUT2D eigenvalue weighted by Crippen LogP contribution is 2.18. The highest BCUT2D eigenvalue weighted by Gasteiger charge is 2.23. The lowest BCUT2D eigenvalue weighted by molar-refractivity contribution is 0.0663. The van der Waals surface area contributed by atoms with Crippen molar-refractivity contribution in [2.75, 3.05) is 13.1 Å². The number of piperidine rings is 1. The van der Waals surface area contributed by atoms with Crippen LogP contribution in [0.5, 0.6) is 0 Å². The lowest BCUT2D eigenvalue weighted by atomic mass is 9.99. The fourth-order valence-corrected chi connectivity index (χ4v) is 1.92. The van der Waals surface area contributed by atoms with Crippen molar-refractivity contribution in [3.05, 3.63) is 23.7 Å². The highest BCUT2D eigenvalue weighted by atomic mass is 16.3. The maximum atomic E-state index is 12.0. The first kappa shape index (κ1) is 10.3. The maximum Gasteiger partial charge on any atom is 0.289 e. The molecule has 0 unspecified atom stereocenters. The summed E-state index contributed by atoms with van der Waals surface area (Å²) >= 11 is 0. The van der Waals surface area contributed by atoms with Gasteiger partial charge in [0.05, 0.1) is 0 Å². The molecule has 15 heavy (non-hydrogen) atoms. The van der Waals surface area contributed by atoms with Gasteiger partial charge >= 0.3 is 0 Å². The molecule has 0 N–H and O–H groups in total. The first-order valence-electron chi connectivity index (χ1n) is 5.52. The van der Waals surface area contributed by atoms with Crippen LogP contribution in [0, 0.1) is 12.8 Å². The van der Waals surface area contributed by atoms with Crippen molar-refractivity contribution in [3.8, 4) is 0 Å². The van der Waals surface area contributed by atoms with Crippen LogP contribution >= 0.6 is 0 Å². The molecule has 3 nitrogen and oxygen atoms in total. The highest BCUT2D eigenvalue weighted by molar-refractivity contribution is 5.91. The summed E-state index contributed by atoms with van der Waals surface area (Å²) in [5.41, 5.74) is 0. The van der Waals surface area contributed by atoms with Gasteiger partial charge in [-0.1, -0.05) is 6.92 Å². The van der Waals surface area contributed by atoms with E-state index in [2.05, 4.69) is 6.92 Å². The van der Waals surface area contributed by atoms with Crippen LogP contribution in [0.15, 0.2) is 16.5 Å². The zero-order chi connectivity index (χ0) is 10.8. The molecule has 2 heterocycles. The normalized spacial score (nSPS) is 18.1. The summed E-state index contributed by atoms with van der Waals surface area (Å²) in [7, 11) is 0. The van der Waals surface area contributed by atoms with Gasteiger partial charge in [-0.3, -0.25) is 4.79 Å². The number of hydrogen-bond donors (Lipinski definition) is 0. The van der Waals surface area contributed by atoms with Crippen molar-refractivity contribution < 1.29 is 9.21 Å². The first-order valence-corrected chi connectivity index (χ1v) is 5.52. The number of carbonyl (C=O) groups excluding carboxylic acids is 1. The number of nitrogens with zero attached hydrogens (tertiary/aromatic N) is 1. The second-order valence-corrected chi connectivity index (χ2v) is 4.39. The third kappa shape index (κ3) is 2.22. The Morgan fingerprint density at radius 1 is 1.40 bits per heavy atom. The molecule has 1 aromatic heterocycles. The Balaban J connectivity index is 2.02. The fourth-order valence-electron chi connectivity index (χ4n) is 1.92. The summed E-state index contributed by atoms with van der Waals surface area (Å²) in [5.74, 6) is 2.05. The van der Waals surface area contributed by atoms with E-state index >= 15 is 0 Å². The van der Waals surface area contributed by atoms with E-state index in [1.165, 1.54) is 0 Å². The number of amides is 1. The third-order valence-electron chi connectivity index (χ3n) is 3.02. The van der Waals surface area contributed by atoms with Gasteiger partial charge in [0, 0.05) is 13.1 Å². The van der Waals surface area contributed by atoms with Crippen molar-refractivity contribution in [3.63, 3.8) is 0 Å². The Morgan fingerprint density at radius 3 is 2.60 bits per heavy atom. The van der Waals surface area contributed by atoms with Crippen molar-refractivity contribution in [2.45, 2.75) is 26.7 Å². The Kier molecular flexibility index (Phi) is 2.80. The second kappa shape index (κ2) is 4.09. The summed E-state index contributed by atoms with van der Waals surface area (Å²) in [6.07, 6.45) is 2.21. The molecule has 1 saturated heterocycles. The summed E-state index contributed by atoms with van der Waals surface area (Å²) in [5, 5.41) is 0. The van der Waals surface area contributed by atoms with E-state index in [1.807, 2.05) is 17.9 Å². The number of rotatable bonds is 1. The Bertz CT molecular complexity index is 348. The SMILES string of the molecule is Cc1ccc(C(=O)N2CCC(C)CC2)o1. The minimum atomic E-state index is 0.0370. The summed E-state index contributed by atoms with van der Waals surface area (Å²) in [6, 6.07) is 3.59. The number of hydrogen-bond acceptors (Lipinski definition) is 2. The van der Waals surface area contributed by atoms with E-state index in [-0.39, 0.29) is 5.91 Å². The lowest BCUT2D eigenvalue weighted by Gasteiger charge is -2.29. The zero-order valence-electron chi connectivity index (χ0n) is 9.32. The zero-order valence-corrected chi connectivity index (χ0v) is 9.32. The second-order valence-electron chi connectivity index (χ2n) is 4.39. The topological polar surface area (TPSA) is 33.5 Å². The van der Waals surface area contributed by atoms with Gasteiger partial charge in [-0.25, -0.2) is 0 Å². The third-order valence-corrected chi connectivity index (χ3v) is 3.02. The summed E-state index contributed by atoms with van der Waals surface area (Å²) in [4.78, 5) is 13.8. The monoisotopic (exact) mass is 207 g/mol. The molecule has 0 spiro atoms. The van der Waals surface area contributed by atoms with Crippen molar-refractivity contribution >= 4 is 5.91 Å². The average Bonchev–Trinajstić information content (AvgIpc) is 2.65. The van der Waals surface area contributed by atoms with Gasteiger partial charge < -0.3 is 9.32 Å². The van der Waals surface area contributed by atoms with Gasteiger partial charge in [-0.05, 0) is 37.8 Å². The molecule has 1 amide bonds. The van der Waals surface area contributed by atoms with E-state index in [0.29, 0.717) is 5.76 Å². The molecular formula is C12H17NO2. The molecule has 1 aromatic rings. The number of aryl methyl sites for hydroxylation is 1. The van der Waals surface area contributed by atoms with E-state index in [0.717, 1.165) is 37.6 Å². The van der Waals surface area contributed by atoms with Gasteiger partial charge in [0.15, 0.2) is 5.76 Å². The smallest absolute Gasteiger partial charge is 0.289 e. The molecule has 2 rings (SSSR count). The fraction of sp³-hybridized carbons (Fsp3) is 0.583. The van der Waals surface area contributed by atoms with Crippen LogP contribution in [0.1, 0.15) is 36.1 Å². The van der Waals surface area contributed by atoms with Crippen LogP contribution in [0.2, 0.25) is 0 Å².